The summed E-state index contributed by atoms with van der Waals surface area (Å²) >= 11 is 1.41. The molecule has 1 saturated heterocycles. The largest absolute Gasteiger partial charge is 0.279 e. The first-order valence-corrected chi connectivity index (χ1v) is 6.08. The van der Waals surface area contributed by atoms with Crippen molar-refractivity contribution in [2.45, 2.75) is 18.7 Å². The van der Waals surface area contributed by atoms with Crippen molar-refractivity contribution < 1.29 is 9.18 Å². The van der Waals surface area contributed by atoms with E-state index >= 15 is 0 Å². The summed E-state index contributed by atoms with van der Waals surface area (Å²) in [4.78, 5) is 15.6. The summed E-state index contributed by atoms with van der Waals surface area (Å²) in [6.07, 6.45) is 0.901. The van der Waals surface area contributed by atoms with Crippen molar-refractivity contribution in [1.82, 2.24) is 10.9 Å². The number of benzene rings is 1. The Labute approximate surface area is 103 Å². The van der Waals surface area contributed by atoms with Crippen LogP contribution in [0.2, 0.25) is 0 Å². The molecule has 1 aliphatic rings. The van der Waals surface area contributed by atoms with Crippen LogP contribution in [0.5, 0.6) is 0 Å². The van der Waals surface area contributed by atoms with Crippen molar-refractivity contribution in [1.29, 1.82) is 0 Å². The van der Waals surface area contributed by atoms with E-state index in [0.717, 1.165) is 6.42 Å². The molecule has 0 aliphatic carbocycles. The molecule has 4 nitrogen and oxygen atoms in total. The van der Waals surface area contributed by atoms with Crippen LogP contribution >= 0.6 is 11.8 Å². The van der Waals surface area contributed by atoms with Crippen LogP contribution < -0.4 is 10.9 Å². The van der Waals surface area contributed by atoms with Crippen LogP contribution in [0, 0.1) is 5.82 Å². The number of hydrogen-bond donors (Lipinski definition) is 1. The number of nitrogens with one attached hydrogen (secondary N) is 1. The minimum absolute atomic E-state index is 0.176. The van der Waals surface area contributed by atoms with Crippen LogP contribution in [0.4, 0.5) is 4.39 Å². The van der Waals surface area contributed by atoms with Crippen LogP contribution in [0.25, 0.3) is 0 Å². The van der Waals surface area contributed by atoms with Crippen molar-refractivity contribution in [3.63, 3.8) is 0 Å². The molecule has 1 unspecified atom stereocenters. The Morgan fingerprint density at radius 2 is 2.24 bits per heavy atom. The molecule has 1 heterocycles. The van der Waals surface area contributed by atoms with Gasteiger partial charge in [-0.2, -0.15) is 15.8 Å². The number of amides is 1. The average molecular weight is 252 g/mol. The molecule has 1 atom stereocenters. The molecule has 17 heavy (non-hydrogen) atoms. The molecule has 1 aromatic carbocycles. The van der Waals surface area contributed by atoms with Gasteiger partial charge in [0.2, 0.25) is 5.17 Å². The monoisotopic (exact) mass is 252 g/mol. The quantitative estimate of drug-likeness (QED) is 0.874. The third kappa shape index (κ3) is 3.04. The minimum Gasteiger partial charge on any atom is -0.267 e. The smallest absolute Gasteiger partial charge is 0.267 e. The zero-order valence-corrected chi connectivity index (χ0v) is 10.00. The van der Waals surface area contributed by atoms with Gasteiger partial charge in [-0.25, -0.2) is 4.39 Å². The highest BCUT2D eigenvalue weighted by atomic mass is 32.2. The lowest BCUT2D eigenvalue weighted by Crippen LogP contribution is -2.24. The van der Waals surface area contributed by atoms with Gasteiger partial charge in [0.15, 0.2) is 0 Å². The zero-order valence-electron chi connectivity index (χ0n) is 9.18. The van der Waals surface area contributed by atoms with Crippen LogP contribution in [-0.4, -0.2) is 16.4 Å². The van der Waals surface area contributed by atoms with E-state index in [0.29, 0.717) is 10.7 Å². The highest BCUT2D eigenvalue weighted by molar-refractivity contribution is 8.14. The minimum atomic E-state index is -0.408. The Morgan fingerprint density at radius 3 is 2.82 bits per heavy atom. The molecule has 89 valence electrons. The number of thioether (sulfide) groups is 1. The van der Waals surface area contributed by atoms with E-state index in [4.69, 9.17) is 0 Å². The SMILES string of the molecule is CCC1N[N]C(=NC(=O)c2ccc(F)cc2)S1. The lowest BCUT2D eigenvalue weighted by atomic mass is 10.2. The van der Waals surface area contributed by atoms with Gasteiger partial charge < -0.3 is 0 Å². The van der Waals surface area contributed by atoms with E-state index in [1.807, 2.05) is 6.92 Å². The summed E-state index contributed by atoms with van der Waals surface area (Å²) in [6, 6.07) is 5.29. The van der Waals surface area contributed by atoms with E-state index in [9.17, 15) is 9.18 Å². The number of nitrogens with zero attached hydrogens (tertiary/aromatic N) is 2. The lowest BCUT2D eigenvalue weighted by molar-refractivity contribution is 0.100. The lowest BCUT2D eigenvalue weighted by Gasteiger charge is -1.98. The predicted octanol–water partition coefficient (Wildman–Crippen LogP) is 1.91. The normalized spacial score (nSPS) is 21.5. The summed E-state index contributed by atoms with van der Waals surface area (Å²) in [7, 11) is 0. The molecule has 0 aromatic heterocycles. The summed E-state index contributed by atoms with van der Waals surface area (Å²) in [5.41, 5.74) is 7.16. The zero-order chi connectivity index (χ0) is 12.3. The molecule has 1 radical (unpaired) electrons. The maximum absolute atomic E-state index is 12.7. The summed E-state index contributed by atoms with van der Waals surface area (Å²) in [5.74, 6) is -0.781. The van der Waals surface area contributed by atoms with E-state index in [1.54, 1.807) is 0 Å². The van der Waals surface area contributed by atoms with Crippen LogP contribution in [0.3, 0.4) is 0 Å². The van der Waals surface area contributed by atoms with Crippen molar-refractivity contribution >= 4 is 22.8 Å². The first kappa shape index (κ1) is 12.1. The first-order chi connectivity index (χ1) is 8.19. The molecule has 1 fully saturated rings. The second-order valence-electron chi connectivity index (χ2n) is 3.46. The molecule has 1 aromatic rings. The van der Waals surface area contributed by atoms with E-state index < -0.39 is 5.91 Å². The fourth-order valence-corrected chi connectivity index (χ4v) is 2.04. The fraction of sp³-hybridized carbons (Fsp3) is 0.273. The standard InChI is InChI=1S/C11H11FN3OS/c1-2-9-14-15-11(17-9)13-10(16)7-3-5-8(12)6-4-7/h3-6,9,14H,2H2,1H3. The molecule has 0 saturated carbocycles. The van der Waals surface area contributed by atoms with Gasteiger partial charge in [-0.3, -0.25) is 4.79 Å². The fourth-order valence-electron chi connectivity index (χ4n) is 1.28. The summed E-state index contributed by atoms with van der Waals surface area (Å²) < 4.78 is 12.7. The molecule has 1 N–H and O–H groups in total. The third-order valence-electron chi connectivity index (χ3n) is 2.21. The summed E-state index contributed by atoms with van der Waals surface area (Å²) in [6.45, 7) is 2.02. The van der Waals surface area contributed by atoms with Gasteiger partial charge in [0.05, 0.1) is 5.37 Å². The number of aliphatic imine (C=N–C) groups is 1. The maximum atomic E-state index is 12.7. The van der Waals surface area contributed by atoms with Crippen molar-refractivity contribution in [2.75, 3.05) is 0 Å². The van der Waals surface area contributed by atoms with Crippen LogP contribution in [-0.2, 0) is 0 Å². The van der Waals surface area contributed by atoms with Gasteiger partial charge in [-0.1, -0.05) is 18.7 Å². The molecule has 1 aliphatic heterocycles. The highest BCUT2D eigenvalue weighted by Gasteiger charge is 2.21. The topological polar surface area (TPSA) is 55.6 Å². The molecular weight excluding hydrogens is 241 g/mol. The molecule has 2 rings (SSSR count). The van der Waals surface area contributed by atoms with Crippen molar-refractivity contribution in [3.8, 4) is 0 Å². The van der Waals surface area contributed by atoms with Gasteiger partial charge in [0.25, 0.3) is 5.91 Å². The number of hydrogen-bond acceptors (Lipinski definition) is 3. The van der Waals surface area contributed by atoms with E-state index in [1.165, 1.54) is 36.0 Å². The van der Waals surface area contributed by atoms with Crippen molar-refractivity contribution in [3.05, 3.63) is 35.6 Å². The maximum Gasteiger partial charge on any atom is 0.279 e. The number of carbonyl (C=O) groups is 1. The van der Waals surface area contributed by atoms with Crippen molar-refractivity contribution in [2.24, 2.45) is 4.99 Å². The van der Waals surface area contributed by atoms with E-state index in [-0.39, 0.29) is 11.2 Å². The second-order valence-corrected chi connectivity index (χ2v) is 4.63. The second kappa shape index (κ2) is 5.29. The molecule has 1 amide bonds. The molecule has 0 bridgehead atoms. The van der Waals surface area contributed by atoms with Crippen LogP contribution in [0.15, 0.2) is 29.3 Å². The Bertz CT molecular complexity index is 447. The molecule has 6 heteroatoms. The summed E-state index contributed by atoms with van der Waals surface area (Å²) in [5, 5.41) is 0.598. The van der Waals surface area contributed by atoms with Gasteiger partial charge in [0, 0.05) is 5.56 Å². The third-order valence-corrected chi connectivity index (χ3v) is 3.33. The molecule has 0 spiro atoms. The number of rotatable bonds is 2. The highest BCUT2D eigenvalue weighted by Crippen LogP contribution is 2.18. The van der Waals surface area contributed by atoms with Gasteiger partial charge in [0.1, 0.15) is 5.82 Å². The number of amidine groups is 1. The van der Waals surface area contributed by atoms with Crippen LogP contribution in [0.1, 0.15) is 23.7 Å². The van der Waals surface area contributed by atoms with Gasteiger partial charge in [-0.15, -0.1) is 0 Å². The number of carbonyl (C=O) groups excluding carboxylic acids is 1. The first-order valence-electron chi connectivity index (χ1n) is 5.20. The Hall–Kier alpha value is -1.40. The Morgan fingerprint density at radius 1 is 1.53 bits per heavy atom. The Kier molecular flexibility index (Phi) is 3.75. The van der Waals surface area contributed by atoms with Gasteiger partial charge in [-0.05, 0) is 30.7 Å². The number of halogens is 1. The van der Waals surface area contributed by atoms with Gasteiger partial charge >= 0.3 is 0 Å². The predicted molar refractivity (Wildman–Crippen MR) is 65.1 cm³/mol. The molecular formula is C11H11FN3OS. The Balaban J connectivity index is 2.06. The van der Waals surface area contributed by atoms with E-state index in [2.05, 4.69) is 15.8 Å². The average Bonchev–Trinajstić information content (AvgIpc) is 2.77.